The Hall–Kier alpha value is -2.97. The maximum atomic E-state index is 13.4. The molecule has 0 spiro atoms. The molecule has 3 aromatic heterocycles. The van der Waals surface area contributed by atoms with Gasteiger partial charge in [-0.1, -0.05) is 12.1 Å². The molecule has 2 fully saturated rings. The zero-order valence-corrected chi connectivity index (χ0v) is 18.9. The highest BCUT2D eigenvalue weighted by Crippen LogP contribution is 2.35. The summed E-state index contributed by atoms with van der Waals surface area (Å²) >= 11 is 1.45. The molecule has 7 nitrogen and oxygen atoms in total. The molecule has 32 heavy (non-hydrogen) atoms. The Morgan fingerprint density at radius 2 is 1.91 bits per heavy atom. The van der Waals surface area contributed by atoms with Gasteiger partial charge in [0.05, 0.1) is 27.7 Å². The van der Waals surface area contributed by atoms with Gasteiger partial charge in [-0.25, -0.2) is 9.78 Å². The van der Waals surface area contributed by atoms with Gasteiger partial charge in [0.25, 0.3) is 0 Å². The Balaban J connectivity index is 1.58. The third-order valence-corrected chi connectivity index (χ3v) is 7.93. The van der Waals surface area contributed by atoms with Gasteiger partial charge in [0.2, 0.25) is 5.43 Å². The van der Waals surface area contributed by atoms with Crippen molar-refractivity contribution in [3.8, 4) is 0 Å². The molecular formula is C24H24N4O3S. The topological polar surface area (TPSA) is 67.2 Å². The molecule has 2 unspecified atom stereocenters. The van der Waals surface area contributed by atoms with Crippen LogP contribution in [0.4, 0.5) is 5.82 Å². The number of carbonyl (C=O) groups is 1. The number of rotatable bonds is 3. The summed E-state index contributed by atoms with van der Waals surface area (Å²) in [5.74, 6) is 1.63. The quantitative estimate of drug-likeness (QED) is 0.449. The lowest BCUT2D eigenvalue weighted by atomic mass is 10.0. The molecule has 2 aliphatic heterocycles. The second-order valence-electron chi connectivity index (χ2n) is 8.84. The molecule has 0 radical (unpaired) electrons. The van der Waals surface area contributed by atoms with Crippen LogP contribution in [-0.4, -0.2) is 60.1 Å². The number of benzene rings is 1. The van der Waals surface area contributed by atoms with Gasteiger partial charge in [0.1, 0.15) is 16.2 Å². The van der Waals surface area contributed by atoms with E-state index in [2.05, 4.69) is 21.8 Å². The summed E-state index contributed by atoms with van der Waals surface area (Å²) in [4.78, 5) is 36.2. The molecule has 164 valence electrons. The van der Waals surface area contributed by atoms with E-state index < -0.39 is 5.97 Å². The van der Waals surface area contributed by atoms with Crippen LogP contribution in [0.25, 0.3) is 25.9 Å². The van der Waals surface area contributed by atoms with Crippen molar-refractivity contribution in [2.75, 3.05) is 44.7 Å². The molecule has 2 atom stereocenters. The number of pyridine rings is 2. The van der Waals surface area contributed by atoms with Gasteiger partial charge in [-0.3, -0.25) is 9.20 Å². The van der Waals surface area contributed by atoms with Crippen molar-refractivity contribution < 1.29 is 9.53 Å². The lowest BCUT2D eigenvalue weighted by Crippen LogP contribution is -2.27. The summed E-state index contributed by atoms with van der Waals surface area (Å²) in [6.07, 6.45) is 1.63. The minimum atomic E-state index is -0.580. The van der Waals surface area contributed by atoms with E-state index in [1.807, 2.05) is 34.7 Å². The van der Waals surface area contributed by atoms with Crippen LogP contribution in [0.15, 0.2) is 41.3 Å². The van der Waals surface area contributed by atoms with Gasteiger partial charge >= 0.3 is 5.97 Å². The van der Waals surface area contributed by atoms with Gasteiger partial charge in [0, 0.05) is 38.4 Å². The lowest BCUT2D eigenvalue weighted by Gasteiger charge is -2.21. The molecule has 0 saturated carbocycles. The number of esters is 1. The smallest absolute Gasteiger partial charge is 0.345 e. The van der Waals surface area contributed by atoms with Gasteiger partial charge in [0.15, 0.2) is 0 Å². The van der Waals surface area contributed by atoms with E-state index in [1.165, 1.54) is 11.3 Å². The zero-order valence-electron chi connectivity index (χ0n) is 18.1. The van der Waals surface area contributed by atoms with Crippen LogP contribution in [0.3, 0.4) is 0 Å². The highest BCUT2D eigenvalue weighted by atomic mass is 32.1. The van der Waals surface area contributed by atoms with Crippen molar-refractivity contribution in [2.24, 2.45) is 11.8 Å². The van der Waals surface area contributed by atoms with Crippen molar-refractivity contribution in [3.63, 3.8) is 0 Å². The maximum absolute atomic E-state index is 13.4. The molecule has 8 heteroatoms. The van der Waals surface area contributed by atoms with Crippen LogP contribution in [0.2, 0.25) is 0 Å². The minimum Gasteiger partial charge on any atom is -0.462 e. The largest absolute Gasteiger partial charge is 0.462 e. The number of hydrogen-bond acceptors (Lipinski definition) is 7. The van der Waals surface area contributed by atoms with E-state index in [-0.39, 0.29) is 17.6 Å². The summed E-state index contributed by atoms with van der Waals surface area (Å²) in [6, 6.07) is 9.99. The fourth-order valence-electron chi connectivity index (χ4n) is 5.39. The van der Waals surface area contributed by atoms with Gasteiger partial charge in [-0.15, -0.1) is 11.3 Å². The van der Waals surface area contributed by atoms with Crippen molar-refractivity contribution >= 4 is 49.1 Å². The highest BCUT2D eigenvalue weighted by Gasteiger charge is 2.39. The molecule has 0 amide bonds. The van der Waals surface area contributed by atoms with Crippen LogP contribution in [-0.2, 0) is 4.74 Å². The van der Waals surface area contributed by atoms with E-state index in [4.69, 9.17) is 4.74 Å². The summed E-state index contributed by atoms with van der Waals surface area (Å²) in [5.41, 5.74) is 1.53. The molecule has 4 aromatic rings. The summed E-state index contributed by atoms with van der Waals surface area (Å²) in [5, 5.41) is 0.442. The molecule has 0 N–H and O–H groups in total. The average molecular weight is 449 g/mol. The molecule has 0 aliphatic carbocycles. The number of anilines is 1. The second kappa shape index (κ2) is 7.28. The average Bonchev–Trinajstić information content (AvgIpc) is 3.44. The van der Waals surface area contributed by atoms with Crippen molar-refractivity contribution in [2.45, 2.75) is 6.92 Å². The first-order chi connectivity index (χ1) is 15.5. The van der Waals surface area contributed by atoms with Gasteiger partial charge in [-0.05, 0) is 37.9 Å². The molecule has 2 aliphatic rings. The first kappa shape index (κ1) is 19.7. The van der Waals surface area contributed by atoms with Crippen molar-refractivity contribution in [3.05, 3.63) is 52.3 Å². The Labute approximate surface area is 188 Å². The summed E-state index contributed by atoms with van der Waals surface area (Å²) in [7, 11) is 2.18. The number of ether oxygens (including phenoxy) is 1. The molecule has 5 heterocycles. The number of thiazole rings is 1. The molecule has 6 rings (SSSR count). The lowest BCUT2D eigenvalue weighted by molar-refractivity contribution is 0.0527. The maximum Gasteiger partial charge on any atom is 0.345 e. The Morgan fingerprint density at radius 3 is 2.66 bits per heavy atom. The molecule has 2 saturated heterocycles. The SMILES string of the molecule is CCOC(=O)c1c(=O)c2cnc(N3CC4CN(C)CC4C3)cc2n2c1sc1ccccc12. The van der Waals surface area contributed by atoms with Crippen molar-refractivity contribution in [1.29, 1.82) is 0 Å². The van der Waals surface area contributed by atoms with E-state index in [0.29, 0.717) is 22.1 Å². The molecule has 1 aromatic carbocycles. The molecular weight excluding hydrogens is 424 g/mol. The zero-order chi connectivity index (χ0) is 22.0. The third kappa shape index (κ3) is 2.86. The Kier molecular flexibility index (Phi) is 4.48. The van der Waals surface area contributed by atoms with Gasteiger partial charge < -0.3 is 14.5 Å². The predicted octanol–water partition coefficient (Wildman–Crippen LogP) is 3.24. The monoisotopic (exact) mass is 448 g/mol. The van der Waals surface area contributed by atoms with Crippen LogP contribution in [0.1, 0.15) is 17.3 Å². The van der Waals surface area contributed by atoms with Gasteiger partial charge in [-0.2, -0.15) is 0 Å². The number of aromatic nitrogens is 2. The Bertz CT molecular complexity index is 1430. The summed E-state index contributed by atoms with van der Waals surface area (Å²) < 4.78 is 8.28. The second-order valence-corrected chi connectivity index (χ2v) is 9.87. The Morgan fingerprint density at radius 1 is 1.16 bits per heavy atom. The van der Waals surface area contributed by atoms with E-state index in [9.17, 15) is 9.59 Å². The number of fused-ring (bicyclic) bond motifs is 6. The number of likely N-dealkylation sites (tertiary alicyclic amines) is 1. The normalized spacial score (nSPS) is 21.1. The van der Waals surface area contributed by atoms with Crippen LogP contribution >= 0.6 is 11.3 Å². The predicted molar refractivity (Wildman–Crippen MR) is 127 cm³/mol. The standard InChI is InChI=1S/C24H24N4O3S/c1-3-31-24(30)21-22(29)16-9-25-20(27-12-14-10-26(2)11-15(14)13-27)8-18(16)28-17-6-4-5-7-19(17)32-23(21)28/h4-9,14-15H,3,10-13H2,1-2H3. The molecule has 0 bridgehead atoms. The van der Waals surface area contributed by atoms with Crippen LogP contribution < -0.4 is 10.3 Å². The van der Waals surface area contributed by atoms with Crippen LogP contribution in [0, 0.1) is 11.8 Å². The number of nitrogens with zero attached hydrogens (tertiary/aromatic N) is 4. The van der Waals surface area contributed by atoms with Crippen molar-refractivity contribution in [1.82, 2.24) is 14.3 Å². The number of hydrogen-bond donors (Lipinski definition) is 0. The third-order valence-electron chi connectivity index (χ3n) is 6.78. The van der Waals surface area contributed by atoms with E-state index in [1.54, 1.807) is 13.1 Å². The highest BCUT2D eigenvalue weighted by molar-refractivity contribution is 7.24. The fourth-order valence-corrected chi connectivity index (χ4v) is 6.57. The number of para-hydroxylation sites is 1. The first-order valence-electron chi connectivity index (χ1n) is 11.0. The number of carbonyl (C=O) groups excluding carboxylic acids is 1. The van der Waals surface area contributed by atoms with E-state index >= 15 is 0 Å². The first-order valence-corrected chi connectivity index (χ1v) is 11.8. The minimum absolute atomic E-state index is 0.0915. The summed E-state index contributed by atoms with van der Waals surface area (Å²) in [6.45, 7) is 6.17. The fraction of sp³-hybridized carbons (Fsp3) is 0.375. The van der Waals surface area contributed by atoms with E-state index in [0.717, 1.165) is 47.7 Å². The van der Waals surface area contributed by atoms with Crippen LogP contribution in [0.5, 0.6) is 0 Å².